The van der Waals surface area contributed by atoms with Crippen molar-refractivity contribution in [3.63, 3.8) is 0 Å². The van der Waals surface area contributed by atoms with Crippen molar-refractivity contribution in [2.75, 3.05) is 12.8 Å². The van der Waals surface area contributed by atoms with Crippen LogP contribution in [0.15, 0.2) is 30.5 Å². The summed E-state index contributed by atoms with van der Waals surface area (Å²) in [6, 6.07) is 5.17. The second-order valence-corrected chi connectivity index (χ2v) is 3.87. The van der Waals surface area contributed by atoms with Crippen LogP contribution in [0.2, 0.25) is 0 Å². The summed E-state index contributed by atoms with van der Waals surface area (Å²) in [7, 11) is 1.18. The van der Waals surface area contributed by atoms with E-state index >= 15 is 0 Å². The number of halogens is 3. The minimum Gasteiger partial charge on any atom is -0.465 e. The number of nitrogens with zero attached hydrogens (tertiary/aromatic N) is 2. The molecule has 0 radical (unpaired) electrons. The van der Waals surface area contributed by atoms with Crippen molar-refractivity contribution < 1.29 is 22.7 Å². The van der Waals surface area contributed by atoms with Crippen LogP contribution < -0.4 is 5.73 Å². The zero-order valence-electron chi connectivity index (χ0n) is 10.3. The largest absolute Gasteiger partial charge is 0.465 e. The van der Waals surface area contributed by atoms with Gasteiger partial charge in [0.1, 0.15) is 0 Å². The van der Waals surface area contributed by atoms with Crippen molar-refractivity contribution in [1.82, 2.24) is 9.78 Å². The van der Waals surface area contributed by atoms with Crippen molar-refractivity contribution in [2.24, 2.45) is 0 Å². The van der Waals surface area contributed by atoms with Gasteiger partial charge in [-0.15, -0.1) is 0 Å². The van der Waals surface area contributed by atoms with Gasteiger partial charge in [0.15, 0.2) is 5.69 Å². The third kappa shape index (κ3) is 2.44. The quantitative estimate of drug-likeness (QED) is 0.678. The molecule has 0 fully saturated rings. The molecular formula is C12H10F3N3O2. The second kappa shape index (κ2) is 4.87. The highest BCUT2D eigenvalue weighted by Gasteiger charge is 2.33. The number of nitrogen functional groups attached to an aromatic ring is 1. The van der Waals surface area contributed by atoms with Gasteiger partial charge in [-0.05, 0) is 18.2 Å². The summed E-state index contributed by atoms with van der Waals surface area (Å²) in [5.74, 6) is -0.674. The first-order valence-corrected chi connectivity index (χ1v) is 5.44. The molecule has 0 atom stereocenters. The van der Waals surface area contributed by atoms with Crippen LogP contribution in [0.4, 0.5) is 18.9 Å². The first-order valence-electron chi connectivity index (χ1n) is 5.44. The molecule has 0 bridgehead atoms. The maximum atomic E-state index is 12.5. The molecule has 0 saturated carbocycles. The van der Waals surface area contributed by atoms with Gasteiger partial charge < -0.3 is 10.5 Å². The number of hydrogen-bond donors (Lipinski definition) is 1. The number of nitrogens with two attached hydrogens (primary N) is 1. The molecule has 0 spiro atoms. The Hall–Kier alpha value is -2.51. The zero-order valence-corrected chi connectivity index (χ0v) is 10.3. The van der Waals surface area contributed by atoms with Gasteiger partial charge in [-0.3, -0.25) is 0 Å². The number of aromatic nitrogens is 2. The minimum absolute atomic E-state index is 0.00354. The number of carbonyl (C=O) groups is 1. The van der Waals surface area contributed by atoms with Gasteiger partial charge in [-0.2, -0.15) is 18.3 Å². The molecule has 0 aliphatic carbocycles. The van der Waals surface area contributed by atoms with E-state index in [2.05, 4.69) is 9.84 Å². The summed E-state index contributed by atoms with van der Waals surface area (Å²) < 4.78 is 43.0. The fourth-order valence-electron chi connectivity index (χ4n) is 1.65. The molecule has 1 heterocycles. The lowest BCUT2D eigenvalue weighted by molar-refractivity contribution is -0.141. The van der Waals surface area contributed by atoms with Crippen molar-refractivity contribution in [3.05, 3.63) is 41.7 Å². The first kappa shape index (κ1) is 13.9. The van der Waals surface area contributed by atoms with E-state index in [4.69, 9.17) is 5.73 Å². The van der Waals surface area contributed by atoms with Crippen molar-refractivity contribution in [1.29, 1.82) is 0 Å². The predicted molar refractivity (Wildman–Crippen MR) is 64.3 cm³/mol. The Morgan fingerprint density at radius 3 is 2.60 bits per heavy atom. The third-order valence-electron chi connectivity index (χ3n) is 2.61. The van der Waals surface area contributed by atoms with Crippen LogP contribution in [0.1, 0.15) is 16.1 Å². The maximum Gasteiger partial charge on any atom is 0.435 e. The van der Waals surface area contributed by atoms with E-state index in [1.54, 1.807) is 0 Å². The molecular weight excluding hydrogens is 275 g/mol. The molecule has 1 aromatic heterocycles. The van der Waals surface area contributed by atoms with E-state index < -0.39 is 17.8 Å². The molecule has 20 heavy (non-hydrogen) atoms. The van der Waals surface area contributed by atoms with Crippen LogP contribution >= 0.6 is 0 Å². The van der Waals surface area contributed by atoms with E-state index in [1.807, 2.05) is 0 Å². The Balaban J connectivity index is 2.49. The number of para-hydroxylation sites is 1. The van der Waals surface area contributed by atoms with Gasteiger partial charge in [0, 0.05) is 6.20 Å². The van der Waals surface area contributed by atoms with Gasteiger partial charge in [-0.1, -0.05) is 6.07 Å². The minimum atomic E-state index is -4.54. The van der Waals surface area contributed by atoms with Crippen LogP contribution in [0.25, 0.3) is 5.69 Å². The molecule has 5 nitrogen and oxygen atoms in total. The van der Waals surface area contributed by atoms with E-state index in [0.29, 0.717) is 0 Å². The second-order valence-electron chi connectivity index (χ2n) is 3.87. The molecule has 0 aliphatic rings. The SMILES string of the molecule is COC(=O)c1cccc(-n2ccc(C(F)(F)F)n2)c1N. The smallest absolute Gasteiger partial charge is 0.435 e. The van der Waals surface area contributed by atoms with Gasteiger partial charge >= 0.3 is 12.1 Å². The van der Waals surface area contributed by atoms with Crippen molar-refractivity contribution in [3.8, 4) is 5.69 Å². The Morgan fingerprint density at radius 2 is 2.05 bits per heavy atom. The van der Waals surface area contributed by atoms with Crippen LogP contribution in [0.3, 0.4) is 0 Å². The Labute approximate surface area is 111 Å². The molecule has 2 N–H and O–H groups in total. The van der Waals surface area contributed by atoms with Gasteiger partial charge in [-0.25, -0.2) is 9.48 Å². The van der Waals surface area contributed by atoms with E-state index in [0.717, 1.165) is 16.9 Å². The number of benzene rings is 1. The highest BCUT2D eigenvalue weighted by Crippen LogP contribution is 2.29. The van der Waals surface area contributed by atoms with Crippen molar-refractivity contribution >= 4 is 11.7 Å². The predicted octanol–water partition coefficient (Wildman–Crippen LogP) is 2.26. The van der Waals surface area contributed by atoms with E-state index in [9.17, 15) is 18.0 Å². The average Bonchev–Trinajstić information content (AvgIpc) is 2.87. The number of alkyl halides is 3. The maximum absolute atomic E-state index is 12.5. The number of esters is 1. The monoisotopic (exact) mass is 285 g/mol. The summed E-state index contributed by atoms with van der Waals surface area (Å²) in [4.78, 5) is 11.5. The zero-order chi connectivity index (χ0) is 14.9. The van der Waals surface area contributed by atoms with Gasteiger partial charge in [0.2, 0.25) is 0 Å². The van der Waals surface area contributed by atoms with E-state index in [1.165, 1.54) is 25.3 Å². The summed E-state index contributed by atoms with van der Waals surface area (Å²) in [6.45, 7) is 0. The van der Waals surface area contributed by atoms with Crippen LogP contribution in [0, 0.1) is 0 Å². The fourth-order valence-corrected chi connectivity index (χ4v) is 1.65. The highest BCUT2D eigenvalue weighted by atomic mass is 19.4. The van der Waals surface area contributed by atoms with Crippen LogP contribution in [-0.4, -0.2) is 22.9 Å². The lowest BCUT2D eigenvalue weighted by Crippen LogP contribution is -2.11. The van der Waals surface area contributed by atoms with Gasteiger partial charge in [0.05, 0.1) is 24.0 Å². The molecule has 2 aromatic rings. The van der Waals surface area contributed by atoms with Crippen LogP contribution in [-0.2, 0) is 10.9 Å². The lowest BCUT2D eigenvalue weighted by Gasteiger charge is -2.09. The van der Waals surface area contributed by atoms with Gasteiger partial charge in [0.25, 0.3) is 0 Å². The molecule has 8 heteroatoms. The number of ether oxygens (including phenoxy) is 1. The average molecular weight is 285 g/mol. The Kier molecular flexibility index (Phi) is 3.39. The Bertz CT molecular complexity index is 650. The summed E-state index contributed by atoms with van der Waals surface area (Å²) in [5.41, 5.74) is 4.96. The summed E-state index contributed by atoms with van der Waals surface area (Å²) in [6.07, 6.45) is -3.42. The highest BCUT2D eigenvalue weighted by molar-refractivity contribution is 5.97. The third-order valence-corrected chi connectivity index (χ3v) is 2.61. The normalized spacial score (nSPS) is 11.4. The standard InChI is InChI=1S/C12H10F3N3O2/c1-20-11(19)7-3-2-4-8(10(7)16)18-6-5-9(17-18)12(13,14)15/h2-6H,16H2,1H3. The lowest BCUT2D eigenvalue weighted by atomic mass is 10.1. The number of rotatable bonds is 2. The number of methoxy groups -OCH3 is 1. The molecule has 0 amide bonds. The summed E-state index contributed by atoms with van der Waals surface area (Å²) in [5, 5.41) is 3.40. The fraction of sp³-hybridized carbons (Fsp3) is 0.167. The molecule has 106 valence electrons. The van der Waals surface area contributed by atoms with Crippen LogP contribution in [0.5, 0.6) is 0 Å². The Morgan fingerprint density at radius 1 is 1.35 bits per heavy atom. The molecule has 0 saturated heterocycles. The first-order chi connectivity index (χ1) is 9.34. The number of carbonyl (C=O) groups excluding carboxylic acids is 1. The molecule has 0 aliphatic heterocycles. The molecule has 1 aromatic carbocycles. The summed E-state index contributed by atoms with van der Waals surface area (Å²) >= 11 is 0. The number of hydrogen-bond acceptors (Lipinski definition) is 4. The molecule has 2 rings (SSSR count). The number of anilines is 1. The van der Waals surface area contributed by atoms with E-state index in [-0.39, 0.29) is 16.9 Å². The van der Waals surface area contributed by atoms with Crippen molar-refractivity contribution in [2.45, 2.75) is 6.18 Å². The molecule has 0 unspecified atom stereocenters. The topological polar surface area (TPSA) is 70.1 Å².